The van der Waals surface area contributed by atoms with Crippen LogP contribution in [0.5, 0.6) is 0 Å². The van der Waals surface area contributed by atoms with E-state index >= 15 is 0 Å². The van der Waals surface area contributed by atoms with Crippen molar-refractivity contribution in [3.05, 3.63) is 0 Å². The Kier molecular flexibility index (Phi) is 4.51. The number of carbonyl (C=O) groups excluding carboxylic acids is 1. The number of nitrogens with one attached hydrogen (secondary N) is 1. The van der Waals surface area contributed by atoms with Crippen molar-refractivity contribution < 1.29 is 23.8 Å². The number of amides is 1. The quantitative estimate of drug-likeness (QED) is 0.753. The van der Waals surface area contributed by atoms with E-state index in [-0.39, 0.29) is 0 Å². The summed E-state index contributed by atoms with van der Waals surface area (Å²) in [5.74, 6) is -1.43. The molecular weight excluding hydrogens is 205 g/mol. The predicted molar refractivity (Wildman–Crippen MR) is 51.4 cm³/mol. The fourth-order valence-corrected chi connectivity index (χ4v) is 0.808. The molecule has 6 heteroatoms. The van der Waals surface area contributed by atoms with Gasteiger partial charge in [0.15, 0.2) is 6.04 Å². The van der Waals surface area contributed by atoms with Crippen LogP contribution in [0.4, 0.5) is 9.18 Å². The highest BCUT2D eigenvalue weighted by Gasteiger charge is 2.28. The van der Waals surface area contributed by atoms with Crippen molar-refractivity contribution in [2.45, 2.75) is 45.5 Å². The van der Waals surface area contributed by atoms with Gasteiger partial charge in [-0.15, -0.1) is 0 Å². The summed E-state index contributed by atoms with van der Waals surface area (Å²) in [6.45, 7) is 5.93. The molecule has 0 aromatic heterocycles. The Morgan fingerprint density at radius 3 is 2.13 bits per heavy atom. The van der Waals surface area contributed by atoms with Crippen molar-refractivity contribution in [1.29, 1.82) is 0 Å². The zero-order valence-electron chi connectivity index (χ0n) is 9.20. The summed E-state index contributed by atoms with van der Waals surface area (Å²) in [4.78, 5) is 21.6. The van der Waals surface area contributed by atoms with Crippen LogP contribution in [-0.4, -0.2) is 35.0 Å². The maximum atomic E-state index is 12.8. The molecule has 1 amide bonds. The van der Waals surface area contributed by atoms with E-state index in [0.717, 1.165) is 6.92 Å². The number of alkyl halides is 1. The van der Waals surface area contributed by atoms with E-state index in [4.69, 9.17) is 9.84 Å². The molecular formula is C9H16FNO4. The highest BCUT2D eigenvalue weighted by molar-refractivity contribution is 5.80. The lowest BCUT2D eigenvalue weighted by molar-refractivity contribution is -0.141. The van der Waals surface area contributed by atoms with Gasteiger partial charge in [0.05, 0.1) is 0 Å². The number of rotatable bonds is 3. The first-order valence-electron chi connectivity index (χ1n) is 4.50. The van der Waals surface area contributed by atoms with Gasteiger partial charge in [0.2, 0.25) is 0 Å². The third-order valence-electron chi connectivity index (χ3n) is 1.40. The molecule has 0 aromatic rings. The molecule has 0 heterocycles. The Morgan fingerprint density at radius 2 is 1.87 bits per heavy atom. The molecule has 2 N–H and O–H groups in total. The molecule has 0 rings (SSSR count). The van der Waals surface area contributed by atoms with Crippen molar-refractivity contribution in [1.82, 2.24) is 5.32 Å². The lowest BCUT2D eigenvalue weighted by Crippen LogP contribution is -2.47. The predicted octanol–water partition coefficient (Wildman–Crippen LogP) is 1.32. The Hall–Kier alpha value is -1.33. The van der Waals surface area contributed by atoms with E-state index in [1.807, 2.05) is 5.32 Å². The summed E-state index contributed by atoms with van der Waals surface area (Å²) < 4.78 is 17.5. The average molecular weight is 221 g/mol. The van der Waals surface area contributed by atoms with Gasteiger partial charge in [-0.3, -0.25) is 0 Å². The average Bonchev–Trinajstić information content (AvgIpc) is 1.95. The molecule has 0 bridgehead atoms. The minimum Gasteiger partial charge on any atom is -0.480 e. The van der Waals surface area contributed by atoms with Gasteiger partial charge in [-0.2, -0.15) is 0 Å². The lowest BCUT2D eigenvalue weighted by atomic mass is 10.2. The SMILES string of the molecule is CC(F)C(NC(=O)OC(C)(C)C)C(=O)O. The van der Waals surface area contributed by atoms with Gasteiger partial charge < -0.3 is 15.2 Å². The molecule has 2 unspecified atom stereocenters. The first-order valence-corrected chi connectivity index (χ1v) is 4.50. The first kappa shape index (κ1) is 13.7. The minimum atomic E-state index is -1.69. The summed E-state index contributed by atoms with van der Waals surface area (Å²) in [6.07, 6.45) is -2.63. The fourth-order valence-electron chi connectivity index (χ4n) is 0.808. The van der Waals surface area contributed by atoms with E-state index in [2.05, 4.69) is 0 Å². The third-order valence-corrected chi connectivity index (χ3v) is 1.40. The maximum Gasteiger partial charge on any atom is 0.408 e. The topological polar surface area (TPSA) is 75.6 Å². The molecule has 0 radical (unpaired) electrons. The minimum absolute atomic E-state index is 0.743. The van der Waals surface area contributed by atoms with Crippen molar-refractivity contribution >= 4 is 12.1 Å². The van der Waals surface area contributed by atoms with Crippen LogP contribution >= 0.6 is 0 Å². The number of ether oxygens (including phenoxy) is 1. The summed E-state index contributed by atoms with van der Waals surface area (Å²) in [5, 5.41) is 10.5. The first-order chi connectivity index (χ1) is 6.63. The van der Waals surface area contributed by atoms with E-state index in [1.165, 1.54) is 0 Å². The molecule has 0 saturated carbocycles. The summed E-state index contributed by atoms with van der Waals surface area (Å²) in [7, 11) is 0. The smallest absolute Gasteiger partial charge is 0.408 e. The number of hydrogen-bond donors (Lipinski definition) is 2. The Bertz CT molecular complexity index is 247. The van der Waals surface area contributed by atoms with Crippen LogP contribution in [0.15, 0.2) is 0 Å². The molecule has 0 spiro atoms. The van der Waals surface area contributed by atoms with E-state index in [0.29, 0.717) is 0 Å². The van der Waals surface area contributed by atoms with Gasteiger partial charge in [0.25, 0.3) is 0 Å². The van der Waals surface area contributed by atoms with E-state index < -0.39 is 29.9 Å². The number of aliphatic carboxylic acids is 1. The van der Waals surface area contributed by atoms with Gasteiger partial charge in [-0.25, -0.2) is 14.0 Å². The molecule has 0 saturated heterocycles. The van der Waals surface area contributed by atoms with Crippen LogP contribution in [0.3, 0.4) is 0 Å². The Morgan fingerprint density at radius 1 is 1.40 bits per heavy atom. The largest absolute Gasteiger partial charge is 0.480 e. The molecule has 88 valence electrons. The van der Waals surface area contributed by atoms with Crippen LogP contribution in [0.25, 0.3) is 0 Å². The van der Waals surface area contributed by atoms with Crippen LogP contribution in [-0.2, 0) is 9.53 Å². The van der Waals surface area contributed by atoms with Gasteiger partial charge in [-0.05, 0) is 27.7 Å². The summed E-state index contributed by atoms with van der Waals surface area (Å²) in [5.41, 5.74) is -0.743. The zero-order chi connectivity index (χ0) is 12.2. The number of halogens is 1. The second-order valence-corrected chi connectivity index (χ2v) is 4.14. The highest BCUT2D eigenvalue weighted by atomic mass is 19.1. The lowest BCUT2D eigenvalue weighted by Gasteiger charge is -2.22. The molecule has 0 aliphatic rings. The van der Waals surface area contributed by atoms with Crippen LogP contribution in [0.1, 0.15) is 27.7 Å². The molecule has 2 atom stereocenters. The Balaban J connectivity index is 4.31. The van der Waals surface area contributed by atoms with Crippen molar-refractivity contribution in [3.8, 4) is 0 Å². The molecule has 15 heavy (non-hydrogen) atoms. The normalized spacial score (nSPS) is 15.3. The van der Waals surface area contributed by atoms with Gasteiger partial charge >= 0.3 is 12.1 Å². The fraction of sp³-hybridized carbons (Fsp3) is 0.778. The van der Waals surface area contributed by atoms with Gasteiger partial charge in [0.1, 0.15) is 11.8 Å². The van der Waals surface area contributed by atoms with Crippen molar-refractivity contribution in [2.75, 3.05) is 0 Å². The standard InChI is InChI=1S/C9H16FNO4/c1-5(10)6(7(12)13)11-8(14)15-9(2,3)4/h5-6H,1-4H3,(H,11,14)(H,12,13). The Labute approximate surface area is 87.6 Å². The third kappa shape index (κ3) is 5.87. The van der Waals surface area contributed by atoms with Gasteiger partial charge in [-0.1, -0.05) is 0 Å². The molecule has 0 aliphatic heterocycles. The highest BCUT2D eigenvalue weighted by Crippen LogP contribution is 2.07. The number of carboxylic acids is 1. The van der Waals surface area contributed by atoms with E-state index in [9.17, 15) is 14.0 Å². The van der Waals surface area contributed by atoms with E-state index in [1.54, 1.807) is 20.8 Å². The second-order valence-electron chi connectivity index (χ2n) is 4.14. The summed E-state index contributed by atoms with van der Waals surface area (Å²) in [6, 6.07) is -1.58. The molecule has 0 aromatic carbocycles. The number of carboxylic acid groups (broad SMARTS) is 1. The van der Waals surface area contributed by atoms with Crippen molar-refractivity contribution in [2.24, 2.45) is 0 Å². The maximum absolute atomic E-state index is 12.8. The van der Waals surface area contributed by atoms with Crippen LogP contribution in [0.2, 0.25) is 0 Å². The van der Waals surface area contributed by atoms with Crippen molar-refractivity contribution in [3.63, 3.8) is 0 Å². The van der Waals surface area contributed by atoms with Gasteiger partial charge in [0, 0.05) is 0 Å². The van der Waals surface area contributed by atoms with Crippen LogP contribution < -0.4 is 5.32 Å². The number of carbonyl (C=O) groups is 2. The summed E-state index contributed by atoms with van der Waals surface area (Å²) >= 11 is 0. The number of hydrogen-bond acceptors (Lipinski definition) is 3. The number of alkyl carbamates (subject to hydrolysis) is 1. The molecule has 5 nitrogen and oxygen atoms in total. The second kappa shape index (κ2) is 4.95. The zero-order valence-corrected chi connectivity index (χ0v) is 9.20. The monoisotopic (exact) mass is 221 g/mol. The molecule has 0 aliphatic carbocycles. The molecule has 0 fully saturated rings. The van der Waals surface area contributed by atoms with Crippen LogP contribution in [0, 0.1) is 0 Å².